The quantitative estimate of drug-likeness (QED) is 0.813. The second-order valence-corrected chi connectivity index (χ2v) is 7.46. The molecule has 0 saturated heterocycles. The van der Waals surface area contributed by atoms with E-state index in [4.69, 9.17) is 0 Å². The molecule has 0 aliphatic carbocycles. The van der Waals surface area contributed by atoms with Crippen molar-refractivity contribution in [2.24, 2.45) is 5.10 Å². The average Bonchev–Trinajstić information content (AvgIpc) is 2.94. The first-order valence-corrected chi connectivity index (χ1v) is 9.02. The van der Waals surface area contributed by atoms with E-state index >= 15 is 0 Å². The minimum atomic E-state index is -4.60. The lowest BCUT2D eigenvalue weighted by molar-refractivity contribution is -0.137. The van der Waals surface area contributed by atoms with E-state index in [9.17, 15) is 26.4 Å². The zero-order valence-electron chi connectivity index (χ0n) is 13.1. The number of alkyl halides is 3. The molecule has 1 amide bonds. The number of aromatic nitrogens is 1. The number of pyridine rings is 1. The molecule has 26 heavy (non-hydrogen) atoms. The second kappa shape index (κ2) is 6.52. The topological polar surface area (TPSA) is 79.7 Å². The predicted molar refractivity (Wildman–Crippen MR) is 87.3 cm³/mol. The van der Waals surface area contributed by atoms with E-state index < -0.39 is 32.4 Å². The van der Waals surface area contributed by atoms with Crippen molar-refractivity contribution in [1.29, 1.82) is 0 Å². The summed E-state index contributed by atoms with van der Waals surface area (Å²) >= 11 is 0. The van der Waals surface area contributed by atoms with Crippen LogP contribution < -0.4 is 5.01 Å². The third kappa shape index (κ3) is 3.74. The van der Waals surface area contributed by atoms with Crippen LogP contribution in [-0.2, 0) is 20.8 Å². The monoisotopic (exact) mass is 383 g/mol. The number of halogens is 3. The minimum Gasteiger partial charge on any atom is -0.272 e. The Balaban J connectivity index is 1.81. The van der Waals surface area contributed by atoms with E-state index in [0.717, 1.165) is 11.1 Å². The van der Waals surface area contributed by atoms with E-state index in [2.05, 4.69) is 10.1 Å². The SMILES string of the molecule is O=C1CC(CS(=O)(=O)c2ccc(C(F)(F)F)cn2)=NN1c1ccccc1. The smallest absolute Gasteiger partial charge is 0.272 e. The number of para-hydroxylation sites is 1. The largest absolute Gasteiger partial charge is 0.417 e. The maximum absolute atomic E-state index is 12.5. The van der Waals surface area contributed by atoms with Crippen molar-refractivity contribution < 1.29 is 26.4 Å². The molecule has 1 aliphatic rings. The van der Waals surface area contributed by atoms with Crippen LogP contribution in [0.5, 0.6) is 0 Å². The highest BCUT2D eigenvalue weighted by Gasteiger charge is 2.33. The molecular formula is C16H12F3N3O3S. The average molecular weight is 383 g/mol. The lowest BCUT2D eigenvalue weighted by Gasteiger charge is -2.10. The summed E-state index contributed by atoms with van der Waals surface area (Å²) in [4.78, 5) is 15.4. The van der Waals surface area contributed by atoms with E-state index in [1.54, 1.807) is 30.3 Å². The summed E-state index contributed by atoms with van der Waals surface area (Å²) < 4.78 is 62.3. The van der Waals surface area contributed by atoms with Gasteiger partial charge < -0.3 is 0 Å². The minimum absolute atomic E-state index is 0.0977. The third-order valence-electron chi connectivity index (χ3n) is 3.57. The highest BCUT2D eigenvalue weighted by atomic mass is 32.2. The van der Waals surface area contributed by atoms with Crippen LogP contribution in [0, 0.1) is 0 Å². The van der Waals surface area contributed by atoms with Crippen LogP contribution in [0.4, 0.5) is 18.9 Å². The molecule has 0 bridgehead atoms. The summed E-state index contributed by atoms with van der Waals surface area (Å²) in [5, 5.41) is 4.62. The molecule has 0 saturated carbocycles. The van der Waals surface area contributed by atoms with E-state index in [0.29, 0.717) is 18.0 Å². The first kappa shape index (κ1) is 18.1. The Labute approximate surface area is 146 Å². The Kier molecular flexibility index (Phi) is 4.53. The van der Waals surface area contributed by atoms with Crippen LogP contribution in [0.3, 0.4) is 0 Å². The van der Waals surface area contributed by atoms with Crippen LogP contribution in [0.2, 0.25) is 0 Å². The van der Waals surface area contributed by atoms with Crippen molar-refractivity contribution in [1.82, 2.24) is 4.98 Å². The van der Waals surface area contributed by atoms with Gasteiger partial charge in [-0.3, -0.25) is 4.79 Å². The Morgan fingerprint density at radius 2 is 1.77 bits per heavy atom. The maximum Gasteiger partial charge on any atom is 0.417 e. The zero-order chi connectivity index (χ0) is 18.9. The van der Waals surface area contributed by atoms with Crippen molar-refractivity contribution in [2.75, 3.05) is 10.8 Å². The number of hydrazone groups is 1. The lowest BCUT2D eigenvalue weighted by atomic mass is 10.3. The molecule has 0 N–H and O–H groups in total. The van der Waals surface area contributed by atoms with Gasteiger partial charge in [0.2, 0.25) is 9.84 Å². The Morgan fingerprint density at radius 3 is 2.35 bits per heavy atom. The van der Waals surface area contributed by atoms with Crippen LogP contribution in [0.25, 0.3) is 0 Å². The van der Waals surface area contributed by atoms with E-state index in [1.807, 2.05) is 0 Å². The van der Waals surface area contributed by atoms with Crippen molar-refractivity contribution in [3.8, 4) is 0 Å². The molecule has 136 valence electrons. The van der Waals surface area contributed by atoms with Crippen molar-refractivity contribution in [3.05, 3.63) is 54.2 Å². The second-order valence-electron chi connectivity index (χ2n) is 5.53. The number of benzene rings is 1. The zero-order valence-corrected chi connectivity index (χ0v) is 14.0. The molecule has 1 aliphatic heterocycles. The normalized spacial score (nSPS) is 15.3. The summed E-state index contributed by atoms with van der Waals surface area (Å²) in [5.74, 6) is -0.984. The number of hydrogen-bond donors (Lipinski definition) is 0. The number of sulfone groups is 1. The molecule has 1 aromatic carbocycles. The number of carbonyl (C=O) groups is 1. The summed E-state index contributed by atoms with van der Waals surface area (Å²) in [6, 6.07) is 9.92. The van der Waals surface area contributed by atoms with Gasteiger partial charge in [0.05, 0.1) is 29.1 Å². The maximum atomic E-state index is 12.5. The summed E-state index contributed by atoms with van der Waals surface area (Å²) in [6.07, 6.45) is -4.33. The Morgan fingerprint density at radius 1 is 1.08 bits per heavy atom. The van der Waals surface area contributed by atoms with Crippen LogP contribution in [-0.4, -0.2) is 30.8 Å². The lowest BCUT2D eigenvalue weighted by Crippen LogP contribution is -2.19. The van der Waals surface area contributed by atoms with Crippen LogP contribution in [0.1, 0.15) is 12.0 Å². The molecule has 3 rings (SSSR count). The van der Waals surface area contributed by atoms with Gasteiger partial charge in [0.25, 0.3) is 5.91 Å². The van der Waals surface area contributed by atoms with Crippen molar-refractivity contribution >= 4 is 27.1 Å². The van der Waals surface area contributed by atoms with Gasteiger partial charge in [-0.1, -0.05) is 18.2 Å². The first-order chi connectivity index (χ1) is 12.2. The van der Waals surface area contributed by atoms with Crippen molar-refractivity contribution in [3.63, 3.8) is 0 Å². The molecular weight excluding hydrogens is 371 g/mol. The first-order valence-electron chi connectivity index (χ1n) is 7.37. The molecule has 6 nitrogen and oxygen atoms in total. The van der Waals surface area contributed by atoms with Gasteiger partial charge in [-0.05, 0) is 24.3 Å². The highest BCUT2D eigenvalue weighted by Crippen LogP contribution is 2.29. The van der Waals surface area contributed by atoms with Gasteiger partial charge in [0.15, 0.2) is 5.03 Å². The van der Waals surface area contributed by atoms with Gasteiger partial charge in [0.1, 0.15) is 0 Å². The fourth-order valence-corrected chi connectivity index (χ4v) is 3.59. The predicted octanol–water partition coefficient (Wildman–Crippen LogP) is 2.67. The van der Waals surface area contributed by atoms with Crippen LogP contribution in [0.15, 0.2) is 58.8 Å². The molecule has 1 aromatic heterocycles. The number of nitrogens with zero attached hydrogens (tertiary/aromatic N) is 3. The van der Waals surface area contributed by atoms with Crippen molar-refractivity contribution in [2.45, 2.75) is 17.6 Å². The number of anilines is 1. The molecule has 0 radical (unpaired) electrons. The Bertz CT molecular complexity index is 956. The van der Waals surface area contributed by atoms with Gasteiger partial charge in [-0.25, -0.2) is 18.4 Å². The molecule has 2 heterocycles. The fraction of sp³-hybridized carbons (Fsp3) is 0.188. The summed E-state index contributed by atoms with van der Waals surface area (Å²) in [6.45, 7) is 0. The number of amides is 1. The molecule has 0 fully saturated rings. The molecule has 0 unspecified atom stereocenters. The van der Waals surface area contributed by atoms with Gasteiger partial charge in [-0.2, -0.15) is 18.3 Å². The van der Waals surface area contributed by atoms with Gasteiger partial charge in [0, 0.05) is 6.20 Å². The molecule has 0 spiro atoms. The molecule has 10 heteroatoms. The van der Waals surface area contributed by atoms with Gasteiger partial charge in [-0.15, -0.1) is 0 Å². The third-order valence-corrected chi connectivity index (χ3v) is 5.16. The number of hydrogen-bond acceptors (Lipinski definition) is 5. The number of rotatable bonds is 4. The summed E-state index contributed by atoms with van der Waals surface area (Å²) in [5.41, 5.74) is -0.446. The summed E-state index contributed by atoms with van der Waals surface area (Å²) in [7, 11) is -4.02. The van der Waals surface area contributed by atoms with Crippen LogP contribution >= 0.6 is 0 Å². The number of carbonyl (C=O) groups excluding carboxylic acids is 1. The highest BCUT2D eigenvalue weighted by molar-refractivity contribution is 7.92. The van der Waals surface area contributed by atoms with Gasteiger partial charge >= 0.3 is 6.18 Å². The standard InChI is InChI=1S/C16H12F3N3O3S/c17-16(18,19)11-6-7-14(20-9-11)26(24,25)10-12-8-15(23)22(21-12)13-4-2-1-3-5-13/h1-7,9H,8,10H2. The molecule has 0 atom stereocenters. The molecule has 2 aromatic rings. The van der Waals surface area contributed by atoms with E-state index in [1.165, 1.54) is 0 Å². The fourth-order valence-electron chi connectivity index (χ4n) is 2.36. The van der Waals surface area contributed by atoms with E-state index in [-0.39, 0.29) is 18.0 Å². The Hall–Kier alpha value is -2.75.